The van der Waals surface area contributed by atoms with Crippen molar-refractivity contribution in [2.75, 3.05) is 7.05 Å². The molecule has 0 aliphatic carbocycles. The molecule has 0 amide bonds. The van der Waals surface area contributed by atoms with Crippen LogP contribution in [-0.4, -0.2) is 13.1 Å². The zero-order valence-electron chi connectivity index (χ0n) is 9.90. The van der Waals surface area contributed by atoms with E-state index in [0.717, 1.165) is 5.92 Å². The van der Waals surface area contributed by atoms with Crippen molar-refractivity contribution in [1.29, 1.82) is 0 Å². The first-order valence-corrected chi connectivity index (χ1v) is 5.91. The van der Waals surface area contributed by atoms with Crippen molar-refractivity contribution in [1.82, 2.24) is 5.32 Å². The fourth-order valence-electron chi connectivity index (χ4n) is 1.68. The van der Waals surface area contributed by atoms with Gasteiger partial charge in [-0.15, -0.1) is 0 Å². The summed E-state index contributed by atoms with van der Waals surface area (Å²) < 4.78 is 0. The Morgan fingerprint density at radius 2 is 1.77 bits per heavy atom. The van der Waals surface area contributed by atoms with Gasteiger partial charge in [0.15, 0.2) is 0 Å². The fraction of sp³-hybridized carbons (Fsp3) is 1.00. The third-order valence-electron chi connectivity index (χ3n) is 3.04. The Bertz CT molecular complexity index is 101. The van der Waals surface area contributed by atoms with Crippen LogP contribution < -0.4 is 5.32 Å². The Morgan fingerprint density at radius 1 is 1.08 bits per heavy atom. The molecule has 0 rings (SSSR count). The minimum absolute atomic E-state index is 0.690. The molecule has 1 heteroatoms. The molecular formula is C12H27N. The van der Waals surface area contributed by atoms with Gasteiger partial charge in [0.25, 0.3) is 0 Å². The summed E-state index contributed by atoms with van der Waals surface area (Å²) in [6, 6.07) is 0.690. The zero-order chi connectivity index (χ0) is 10.1. The predicted octanol–water partition coefficient (Wildman–Crippen LogP) is 3.59. The van der Waals surface area contributed by atoms with Crippen molar-refractivity contribution in [2.45, 2.75) is 65.3 Å². The molecule has 0 aliphatic heterocycles. The first-order chi connectivity index (χ1) is 6.24. The van der Waals surface area contributed by atoms with Crippen LogP contribution in [0.2, 0.25) is 0 Å². The van der Waals surface area contributed by atoms with Crippen LogP contribution in [0.1, 0.15) is 59.3 Å². The van der Waals surface area contributed by atoms with E-state index in [1.54, 1.807) is 0 Å². The van der Waals surface area contributed by atoms with Crippen molar-refractivity contribution in [2.24, 2.45) is 5.92 Å². The van der Waals surface area contributed by atoms with E-state index in [9.17, 15) is 0 Å². The summed E-state index contributed by atoms with van der Waals surface area (Å²) in [6.07, 6.45) is 8.28. The van der Waals surface area contributed by atoms with Crippen molar-refractivity contribution < 1.29 is 0 Å². The molecule has 0 saturated carbocycles. The summed E-state index contributed by atoms with van der Waals surface area (Å²) in [5.74, 6) is 0.968. The van der Waals surface area contributed by atoms with Gasteiger partial charge in [0, 0.05) is 6.04 Å². The third kappa shape index (κ3) is 7.06. The molecule has 2 unspecified atom stereocenters. The molecule has 1 N–H and O–H groups in total. The van der Waals surface area contributed by atoms with Gasteiger partial charge in [0.2, 0.25) is 0 Å². The lowest BCUT2D eigenvalue weighted by atomic mass is 9.93. The van der Waals surface area contributed by atoms with Gasteiger partial charge >= 0.3 is 0 Å². The zero-order valence-corrected chi connectivity index (χ0v) is 9.90. The first kappa shape index (κ1) is 13.0. The Kier molecular flexibility index (Phi) is 8.53. The fourth-order valence-corrected chi connectivity index (χ4v) is 1.68. The summed E-state index contributed by atoms with van der Waals surface area (Å²) in [6.45, 7) is 6.87. The molecule has 0 aromatic rings. The number of unbranched alkanes of at least 4 members (excludes halogenated alkanes) is 1. The van der Waals surface area contributed by atoms with E-state index in [0.29, 0.717) is 6.04 Å². The average molecular weight is 185 g/mol. The van der Waals surface area contributed by atoms with Crippen LogP contribution in [0.15, 0.2) is 0 Å². The summed E-state index contributed by atoms with van der Waals surface area (Å²) in [7, 11) is 2.05. The number of hydrogen-bond donors (Lipinski definition) is 1. The summed E-state index contributed by atoms with van der Waals surface area (Å²) >= 11 is 0. The van der Waals surface area contributed by atoms with Gasteiger partial charge in [-0.05, 0) is 32.7 Å². The van der Waals surface area contributed by atoms with Crippen molar-refractivity contribution in [3.05, 3.63) is 0 Å². The Hall–Kier alpha value is -0.0400. The molecule has 0 saturated heterocycles. The SMILES string of the molecule is CCCCC(CC)CCC(C)NC. The van der Waals surface area contributed by atoms with Crippen LogP contribution in [0.5, 0.6) is 0 Å². The van der Waals surface area contributed by atoms with Gasteiger partial charge < -0.3 is 5.32 Å². The molecule has 0 spiro atoms. The van der Waals surface area contributed by atoms with E-state index in [1.807, 2.05) is 0 Å². The van der Waals surface area contributed by atoms with Crippen LogP contribution in [0.4, 0.5) is 0 Å². The van der Waals surface area contributed by atoms with Gasteiger partial charge in [-0.2, -0.15) is 0 Å². The van der Waals surface area contributed by atoms with Gasteiger partial charge in [0.1, 0.15) is 0 Å². The van der Waals surface area contributed by atoms with Gasteiger partial charge in [-0.3, -0.25) is 0 Å². The van der Waals surface area contributed by atoms with E-state index in [4.69, 9.17) is 0 Å². The quantitative estimate of drug-likeness (QED) is 0.609. The molecule has 0 heterocycles. The molecule has 0 aromatic heterocycles. The van der Waals surface area contributed by atoms with Crippen LogP contribution >= 0.6 is 0 Å². The maximum Gasteiger partial charge on any atom is 0.00358 e. The normalized spacial score (nSPS) is 15.7. The number of rotatable bonds is 8. The van der Waals surface area contributed by atoms with E-state index in [2.05, 4.69) is 33.1 Å². The first-order valence-electron chi connectivity index (χ1n) is 5.91. The molecule has 1 nitrogen and oxygen atoms in total. The minimum atomic E-state index is 0.690. The maximum absolute atomic E-state index is 3.30. The molecule has 80 valence electrons. The summed E-state index contributed by atoms with van der Waals surface area (Å²) in [4.78, 5) is 0. The van der Waals surface area contributed by atoms with Crippen LogP contribution in [-0.2, 0) is 0 Å². The lowest BCUT2D eigenvalue weighted by molar-refractivity contribution is 0.384. The van der Waals surface area contributed by atoms with Gasteiger partial charge in [-0.1, -0.05) is 39.5 Å². The molecule has 0 aliphatic rings. The third-order valence-corrected chi connectivity index (χ3v) is 3.04. The molecule has 0 fully saturated rings. The Labute approximate surface area is 84.3 Å². The number of hydrogen-bond acceptors (Lipinski definition) is 1. The van der Waals surface area contributed by atoms with E-state index in [1.165, 1.54) is 38.5 Å². The predicted molar refractivity (Wildman–Crippen MR) is 61.1 cm³/mol. The molecular weight excluding hydrogens is 158 g/mol. The highest BCUT2D eigenvalue weighted by Crippen LogP contribution is 2.19. The Balaban J connectivity index is 3.46. The highest BCUT2D eigenvalue weighted by molar-refractivity contribution is 4.63. The van der Waals surface area contributed by atoms with Crippen molar-refractivity contribution >= 4 is 0 Å². The van der Waals surface area contributed by atoms with E-state index < -0.39 is 0 Å². The molecule has 0 bridgehead atoms. The second kappa shape index (κ2) is 8.55. The highest BCUT2D eigenvalue weighted by atomic mass is 14.8. The highest BCUT2D eigenvalue weighted by Gasteiger charge is 2.07. The molecule has 2 atom stereocenters. The van der Waals surface area contributed by atoms with Crippen molar-refractivity contribution in [3.8, 4) is 0 Å². The minimum Gasteiger partial charge on any atom is -0.317 e. The van der Waals surface area contributed by atoms with Crippen molar-refractivity contribution in [3.63, 3.8) is 0 Å². The second-order valence-corrected chi connectivity index (χ2v) is 4.18. The Morgan fingerprint density at radius 3 is 2.23 bits per heavy atom. The summed E-state index contributed by atoms with van der Waals surface area (Å²) in [5, 5.41) is 3.30. The molecule has 0 aromatic carbocycles. The van der Waals surface area contributed by atoms with Crippen LogP contribution in [0, 0.1) is 5.92 Å². The standard InChI is InChI=1S/C12H27N/c1-5-7-8-12(6-2)10-9-11(3)13-4/h11-13H,5-10H2,1-4H3. The lowest BCUT2D eigenvalue weighted by Gasteiger charge is -2.17. The molecule has 13 heavy (non-hydrogen) atoms. The largest absolute Gasteiger partial charge is 0.317 e. The monoisotopic (exact) mass is 185 g/mol. The lowest BCUT2D eigenvalue weighted by Crippen LogP contribution is -2.21. The molecule has 0 radical (unpaired) electrons. The van der Waals surface area contributed by atoms with Gasteiger partial charge in [0.05, 0.1) is 0 Å². The van der Waals surface area contributed by atoms with E-state index in [-0.39, 0.29) is 0 Å². The maximum atomic E-state index is 3.30. The second-order valence-electron chi connectivity index (χ2n) is 4.18. The van der Waals surface area contributed by atoms with Crippen LogP contribution in [0.3, 0.4) is 0 Å². The average Bonchev–Trinajstić information content (AvgIpc) is 2.17. The summed E-state index contributed by atoms with van der Waals surface area (Å²) in [5.41, 5.74) is 0. The number of nitrogens with one attached hydrogen (secondary N) is 1. The van der Waals surface area contributed by atoms with E-state index >= 15 is 0 Å². The van der Waals surface area contributed by atoms with Crippen LogP contribution in [0.25, 0.3) is 0 Å². The smallest absolute Gasteiger partial charge is 0.00358 e. The van der Waals surface area contributed by atoms with Gasteiger partial charge in [-0.25, -0.2) is 0 Å². The topological polar surface area (TPSA) is 12.0 Å².